The van der Waals surface area contributed by atoms with Gasteiger partial charge in [-0.05, 0) is 25.5 Å². The number of nitrogens with two attached hydrogens (primary N) is 1. The first-order chi connectivity index (χ1) is 8.61. The van der Waals surface area contributed by atoms with E-state index < -0.39 is 0 Å². The summed E-state index contributed by atoms with van der Waals surface area (Å²) in [6.45, 7) is 4.63. The normalized spacial score (nSPS) is 11.9. The molecule has 1 aromatic rings. The molecule has 0 saturated carbocycles. The number of pyridine rings is 1. The van der Waals surface area contributed by atoms with Gasteiger partial charge in [-0.25, -0.2) is 0 Å². The highest BCUT2D eigenvalue weighted by Crippen LogP contribution is 2.09. The number of nitrogens with one attached hydrogen (secondary N) is 1. The molecule has 1 amide bonds. The molecule has 0 aliphatic carbocycles. The summed E-state index contributed by atoms with van der Waals surface area (Å²) in [6.07, 6.45) is 3.27. The molecule has 0 aliphatic rings. The Labute approximate surface area is 108 Å². The van der Waals surface area contributed by atoms with Gasteiger partial charge in [0.15, 0.2) is 6.61 Å². The minimum Gasteiger partial charge on any atom is -0.482 e. The second-order valence-electron chi connectivity index (χ2n) is 4.31. The van der Waals surface area contributed by atoms with Crippen molar-refractivity contribution in [3.05, 3.63) is 24.0 Å². The number of hydrogen-bond acceptors (Lipinski definition) is 4. The van der Waals surface area contributed by atoms with Gasteiger partial charge in [-0.3, -0.25) is 9.78 Å². The third kappa shape index (κ3) is 5.63. The van der Waals surface area contributed by atoms with Crippen molar-refractivity contribution in [3.8, 4) is 5.75 Å². The second kappa shape index (κ2) is 7.66. The smallest absolute Gasteiger partial charge is 0.257 e. The van der Waals surface area contributed by atoms with Crippen molar-refractivity contribution >= 4 is 5.91 Å². The van der Waals surface area contributed by atoms with E-state index in [0.717, 1.165) is 18.5 Å². The number of aromatic nitrogens is 1. The van der Waals surface area contributed by atoms with Gasteiger partial charge in [0.1, 0.15) is 5.75 Å². The van der Waals surface area contributed by atoms with Crippen molar-refractivity contribution < 1.29 is 9.53 Å². The third-order valence-electron chi connectivity index (χ3n) is 2.27. The highest BCUT2D eigenvalue weighted by atomic mass is 16.5. The lowest BCUT2D eigenvalue weighted by Gasteiger charge is -2.08. The van der Waals surface area contributed by atoms with Crippen LogP contribution in [0.2, 0.25) is 0 Å². The maximum absolute atomic E-state index is 11.3. The van der Waals surface area contributed by atoms with Gasteiger partial charge < -0.3 is 15.8 Å². The van der Waals surface area contributed by atoms with Gasteiger partial charge in [0.05, 0.1) is 6.20 Å². The summed E-state index contributed by atoms with van der Waals surface area (Å²) in [6, 6.07) is 3.75. The van der Waals surface area contributed by atoms with E-state index in [9.17, 15) is 4.79 Å². The van der Waals surface area contributed by atoms with Crippen molar-refractivity contribution in [2.75, 3.05) is 13.2 Å². The van der Waals surface area contributed by atoms with Gasteiger partial charge in [0, 0.05) is 24.7 Å². The van der Waals surface area contributed by atoms with Gasteiger partial charge in [-0.2, -0.15) is 0 Å². The number of hydrogen-bond donors (Lipinski definition) is 2. The number of carbonyl (C=O) groups is 1. The maximum Gasteiger partial charge on any atom is 0.257 e. The fourth-order valence-corrected chi connectivity index (χ4v) is 1.41. The summed E-state index contributed by atoms with van der Waals surface area (Å²) in [7, 11) is 0. The Bertz CT molecular complexity index is 363. The van der Waals surface area contributed by atoms with Crippen LogP contribution >= 0.6 is 0 Å². The largest absolute Gasteiger partial charge is 0.482 e. The third-order valence-corrected chi connectivity index (χ3v) is 2.27. The quantitative estimate of drug-likeness (QED) is 0.754. The molecule has 1 atom stereocenters. The van der Waals surface area contributed by atoms with E-state index in [0.29, 0.717) is 12.3 Å². The lowest BCUT2D eigenvalue weighted by Crippen LogP contribution is -2.29. The molecule has 0 bridgehead atoms. The van der Waals surface area contributed by atoms with Crippen LogP contribution in [0.5, 0.6) is 5.75 Å². The Morgan fingerprint density at radius 2 is 2.33 bits per heavy atom. The highest BCUT2D eigenvalue weighted by Gasteiger charge is 2.03. The fraction of sp³-hybridized carbons (Fsp3) is 0.538. The van der Waals surface area contributed by atoms with E-state index >= 15 is 0 Å². The van der Waals surface area contributed by atoms with Gasteiger partial charge in [-0.15, -0.1) is 0 Å². The summed E-state index contributed by atoms with van der Waals surface area (Å²) >= 11 is 0. The van der Waals surface area contributed by atoms with Gasteiger partial charge in [0.2, 0.25) is 0 Å². The molecule has 0 aliphatic heterocycles. The van der Waals surface area contributed by atoms with E-state index in [1.807, 2.05) is 19.9 Å². The fourth-order valence-electron chi connectivity index (χ4n) is 1.41. The predicted molar refractivity (Wildman–Crippen MR) is 70.4 cm³/mol. The molecule has 1 heterocycles. The van der Waals surface area contributed by atoms with Crippen molar-refractivity contribution in [2.45, 2.75) is 32.7 Å². The van der Waals surface area contributed by atoms with Crippen LogP contribution in [0, 0.1) is 0 Å². The molecule has 0 saturated heterocycles. The van der Waals surface area contributed by atoms with E-state index in [4.69, 9.17) is 10.5 Å². The number of carbonyl (C=O) groups excluding carboxylic acids is 1. The predicted octanol–water partition coefficient (Wildman–Crippen LogP) is 0.876. The van der Waals surface area contributed by atoms with E-state index in [2.05, 4.69) is 10.3 Å². The average Bonchev–Trinajstić information content (AvgIpc) is 2.35. The summed E-state index contributed by atoms with van der Waals surface area (Å²) < 4.78 is 5.32. The van der Waals surface area contributed by atoms with Crippen molar-refractivity contribution in [2.24, 2.45) is 5.73 Å². The molecule has 5 nitrogen and oxygen atoms in total. The Morgan fingerprint density at radius 1 is 1.56 bits per heavy atom. The minimum absolute atomic E-state index is 0.0221. The van der Waals surface area contributed by atoms with E-state index in [1.54, 1.807) is 12.3 Å². The molecular formula is C13H21N3O2. The van der Waals surface area contributed by atoms with Gasteiger partial charge in [-0.1, -0.05) is 6.92 Å². The first kappa shape index (κ1) is 14.4. The molecule has 0 fully saturated rings. The topological polar surface area (TPSA) is 77.2 Å². The molecular weight excluding hydrogens is 230 g/mol. The van der Waals surface area contributed by atoms with Crippen LogP contribution in [0.3, 0.4) is 0 Å². The molecule has 100 valence electrons. The Hall–Kier alpha value is -1.62. The highest BCUT2D eigenvalue weighted by molar-refractivity contribution is 5.77. The van der Waals surface area contributed by atoms with E-state index in [-0.39, 0.29) is 18.6 Å². The maximum atomic E-state index is 11.3. The van der Waals surface area contributed by atoms with Crippen molar-refractivity contribution in [1.82, 2.24) is 10.3 Å². The molecule has 1 unspecified atom stereocenters. The Balaban J connectivity index is 2.37. The molecule has 0 aromatic carbocycles. The van der Waals surface area contributed by atoms with Crippen molar-refractivity contribution in [3.63, 3.8) is 0 Å². The number of amides is 1. The summed E-state index contributed by atoms with van der Waals surface area (Å²) in [5.41, 5.74) is 6.61. The van der Waals surface area contributed by atoms with E-state index in [1.165, 1.54) is 0 Å². The molecule has 1 rings (SSSR count). The molecule has 3 N–H and O–H groups in total. The lowest BCUT2D eigenvalue weighted by molar-refractivity contribution is -0.123. The monoisotopic (exact) mass is 251 g/mol. The Morgan fingerprint density at radius 3 is 2.89 bits per heavy atom. The van der Waals surface area contributed by atoms with Gasteiger partial charge in [0.25, 0.3) is 5.91 Å². The van der Waals surface area contributed by atoms with Gasteiger partial charge >= 0.3 is 0 Å². The first-order valence-electron chi connectivity index (χ1n) is 6.21. The number of rotatable bonds is 7. The molecule has 18 heavy (non-hydrogen) atoms. The van der Waals surface area contributed by atoms with Crippen LogP contribution in [-0.2, 0) is 11.2 Å². The average molecular weight is 251 g/mol. The van der Waals surface area contributed by atoms with Crippen LogP contribution in [-0.4, -0.2) is 30.1 Å². The van der Waals surface area contributed by atoms with Crippen LogP contribution in [0.4, 0.5) is 0 Å². The Kier molecular flexibility index (Phi) is 6.14. The zero-order chi connectivity index (χ0) is 13.4. The SMILES string of the molecule is CCCNC(=O)COc1ccc(CC(C)N)nc1. The zero-order valence-electron chi connectivity index (χ0n) is 11.0. The molecule has 0 radical (unpaired) electrons. The summed E-state index contributed by atoms with van der Waals surface area (Å²) in [4.78, 5) is 15.5. The molecule has 5 heteroatoms. The summed E-state index contributed by atoms with van der Waals surface area (Å²) in [5.74, 6) is 0.478. The minimum atomic E-state index is -0.114. The second-order valence-corrected chi connectivity index (χ2v) is 4.31. The first-order valence-corrected chi connectivity index (χ1v) is 6.21. The van der Waals surface area contributed by atoms with Crippen molar-refractivity contribution in [1.29, 1.82) is 0 Å². The lowest BCUT2D eigenvalue weighted by atomic mass is 10.2. The molecule has 0 spiro atoms. The van der Waals surface area contributed by atoms with Crippen LogP contribution in [0.15, 0.2) is 18.3 Å². The standard InChI is InChI=1S/C13H21N3O2/c1-3-6-15-13(17)9-18-12-5-4-11(16-8-12)7-10(2)14/h4-5,8,10H,3,6-7,9,14H2,1-2H3,(H,15,17). The number of nitrogens with zero attached hydrogens (tertiary/aromatic N) is 1. The number of ether oxygens (including phenoxy) is 1. The zero-order valence-corrected chi connectivity index (χ0v) is 11.0. The van der Waals surface area contributed by atoms with Crippen LogP contribution < -0.4 is 15.8 Å². The molecule has 1 aromatic heterocycles. The van der Waals surface area contributed by atoms with Crippen LogP contribution in [0.25, 0.3) is 0 Å². The van der Waals surface area contributed by atoms with Crippen LogP contribution in [0.1, 0.15) is 26.0 Å². The summed E-state index contributed by atoms with van der Waals surface area (Å²) in [5, 5.41) is 2.74.